The summed E-state index contributed by atoms with van der Waals surface area (Å²) in [5, 5.41) is 1.31. The molecule has 0 aliphatic heterocycles. The normalized spacial score (nSPS) is 8.69. The average molecular weight is 217 g/mol. The summed E-state index contributed by atoms with van der Waals surface area (Å²) >= 11 is 11.8. The monoisotopic (exact) mass is 216 g/mol. The van der Waals surface area contributed by atoms with Gasteiger partial charge in [-0.15, -0.1) is 0 Å². The minimum absolute atomic E-state index is 0.657. The van der Waals surface area contributed by atoms with Gasteiger partial charge in [-0.1, -0.05) is 49.7 Å². The van der Waals surface area contributed by atoms with E-state index in [1.165, 1.54) is 0 Å². The van der Waals surface area contributed by atoms with Crippen LogP contribution in [0.25, 0.3) is 5.57 Å². The maximum Gasteiger partial charge on any atom is 0.0495 e. The van der Waals surface area contributed by atoms with Gasteiger partial charge in [-0.3, -0.25) is 0 Å². The fourth-order valence-corrected chi connectivity index (χ4v) is 1.63. The van der Waals surface area contributed by atoms with Crippen molar-refractivity contribution in [2.45, 2.75) is 20.8 Å². The summed E-state index contributed by atoms with van der Waals surface area (Å²) in [7, 11) is 0. The van der Waals surface area contributed by atoms with Crippen molar-refractivity contribution in [1.29, 1.82) is 0 Å². The largest absolute Gasteiger partial charge is 0.0954 e. The fourth-order valence-electron chi connectivity index (χ4n) is 0.906. The Labute approximate surface area is 90.2 Å². The van der Waals surface area contributed by atoms with Crippen molar-refractivity contribution in [2.24, 2.45) is 0 Å². The van der Waals surface area contributed by atoms with Crippen molar-refractivity contribution in [3.63, 3.8) is 0 Å². The van der Waals surface area contributed by atoms with Gasteiger partial charge in [0.2, 0.25) is 0 Å². The molecular weight excluding hydrogens is 203 g/mol. The summed E-state index contributed by atoms with van der Waals surface area (Å²) in [6.07, 6.45) is 0. The lowest BCUT2D eigenvalue weighted by molar-refractivity contribution is 1.50. The molecule has 0 aromatic heterocycles. The number of benzene rings is 1. The highest BCUT2D eigenvalue weighted by Crippen LogP contribution is 2.29. The van der Waals surface area contributed by atoms with Crippen LogP contribution in [0.3, 0.4) is 0 Å². The third kappa shape index (κ3) is 3.41. The van der Waals surface area contributed by atoms with Gasteiger partial charge in [-0.05, 0) is 24.6 Å². The molecule has 0 radical (unpaired) electrons. The molecule has 0 saturated heterocycles. The quantitative estimate of drug-likeness (QED) is 0.617. The summed E-state index contributed by atoms with van der Waals surface area (Å²) < 4.78 is 0. The van der Waals surface area contributed by atoms with E-state index in [0.717, 1.165) is 11.1 Å². The van der Waals surface area contributed by atoms with Crippen LogP contribution in [0.1, 0.15) is 26.3 Å². The van der Waals surface area contributed by atoms with Gasteiger partial charge in [0.05, 0.1) is 0 Å². The summed E-state index contributed by atoms with van der Waals surface area (Å²) in [6, 6.07) is 5.42. The van der Waals surface area contributed by atoms with Gasteiger partial charge in [0, 0.05) is 15.6 Å². The standard InChI is InChI=1S/C9H8Cl2.C2H6/c1-6(2)9-7(10)4-3-5-8(9)11;1-2/h3-5H,1H2,2H3;1-2H3. The molecule has 0 unspecified atom stereocenters. The van der Waals surface area contributed by atoms with E-state index in [9.17, 15) is 0 Å². The van der Waals surface area contributed by atoms with E-state index in [2.05, 4.69) is 6.58 Å². The zero-order valence-electron chi connectivity index (χ0n) is 8.20. The minimum Gasteiger partial charge on any atom is -0.0954 e. The fraction of sp³-hybridized carbons (Fsp3) is 0.273. The Morgan fingerprint density at radius 3 is 1.77 bits per heavy atom. The lowest BCUT2D eigenvalue weighted by Gasteiger charge is -2.04. The Bertz CT molecular complexity index is 270. The van der Waals surface area contributed by atoms with Crippen molar-refractivity contribution >= 4 is 28.8 Å². The Morgan fingerprint density at radius 1 is 1.15 bits per heavy atom. The Hall–Kier alpha value is -0.460. The molecule has 0 amide bonds. The van der Waals surface area contributed by atoms with E-state index in [1.54, 1.807) is 12.1 Å². The predicted molar refractivity (Wildman–Crippen MR) is 62.5 cm³/mol. The van der Waals surface area contributed by atoms with Gasteiger partial charge >= 0.3 is 0 Å². The minimum atomic E-state index is 0.657. The molecule has 0 fully saturated rings. The van der Waals surface area contributed by atoms with E-state index >= 15 is 0 Å². The highest BCUT2D eigenvalue weighted by atomic mass is 35.5. The molecule has 72 valence electrons. The van der Waals surface area contributed by atoms with Crippen LogP contribution in [0.4, 0.5) is 0 Å². The van der Waals surface area contributed by atoms with Crippen molar-refractivity contribution in [3.05, 3.63) is 40.4 Å². The first-order valence-electron chi connectivity index (χ1n) is 4.23. The summed E-state index contributed by atoms with van der Waals surface area (Å²) in [5.74, 6) is 0. The molecular formula is C11H14Cl2. The highest BCUT2D eigenvalue weighted by molar-refractivity contribution is 6.37. The second-order valence-corrected chi connectivity index (χ2v) is 3.19. The van der Waals surface area contributed by atoms with Crippen LogP contribution in [0, 0.1) is 0 Å². The van der Waals surface area contributed by atoms with Crippen molar-refractivity contribution < 1.29 is 0 Å². The molecule has 0 aliphatic carbocycles. The Kier molecular flexibility index (Phi) is 5.85. The first kappa shape index (κ1) is 12.5. The lowest BCUT2D eigenvalue weighted by Crippen LogP contribution is -1.81. The molecule has 0 nitrogen and oxygen atoms in total. The lowest BCUT2D eigenvalue weighted by atomic mass is 10.1. The van der Waals surface area contributed by atoms with Gasteiger partial charge in [0.15, 0.2) is 0 Å². The Balaban J connectivity index is 0.000000671. The number of hydrogen-bond donors (Lipinski definition) is 0. The molecule has 0 aliphatic rings. The van der Waals surface area contributed by atoms with Crippen LogP contribution in [-0.2, 0) is 0 Å². The first-order chi connectivity index (χ1) is 6.13. The third-order valence-electron chi connectivity index (χ3n) is 1.39. The van der Waals surface area contributed by atoms with E-state index < -0.39 is 0 Å². The molecule has 1 aromatic carbocycles. The van der Waals surface area contributed by atoms with Crippen molar-refractivity contribution in [2.75, 3.05) is 0 Å². The summed E-state index contributed by atoms with van der Waals surface area (Å²) in [5.41, 5.74) is 1.73. The van der Waals surface area contributed by atoms with Crippen LogP contribution < -0.4 is 0 Å². The van der Waals surface area contributed by atoms with Crippen LogP contribution in [0.2, 0.25) is 10.0 Å². The average Bonchev–Trinajstić information content (AvgIpc) is 2.07. The Morgan fingerprint density at radius 2 is 1.54 bits per heavy atom. The van der Waals surface area contributed by atoms with E-state index in [4.69, 9.17) is 23.2 Å². The smallest absolute Gasteiger partial charge is 0.0495 e. The van der Waals surface area contributed by atoms with E-state index in [0.29, 0.717) is 10.0 Å². The van der Waals surface area contributed by atoms with Crippen molar-refractivity contribution in [1.82, 2.24) is 0 Å². The molecule has 0 atom stereocenters. The topological polar surface area (TPSA) is 0 Å². The van der Waals surface area contributed by atoms with Crippen LogP contribution in [0.15, 0.2) is 24.8 Å². The first-order valence-corrected chi connectivity index (χ1v) is 4.98. The summed E-state index contributed by atoms with van der Waals surface area (Å²) in [4.78, 5) is 0. The van der Waals surface area contributed by atoms with Crippen LogP contribution >= 0.6 is 23.2 Å². The predicted octanol–water partition coefficient (Wildman–Crippen LogP) is 5.05. The number of allylic oxidation sites excluding steroid dienone is 1. The van der Waals surface area contributed by atoms with Gasteiger partial charge < -0.3 is 0 Å². The molecule has 0 heterocycles. The zero-order valence-corrected chi connectivity index (χ0v) is 9.71. The maximum absolute atomic E-state index is 5.88. The van der Waals surface area contributed by atoms with Gasteiger partial charge in [-0.25, -0.2) is 0 Å². The van der Waals surface area contributed by atoms with Gasteiger partial charge in [-0.2, -0.15) is 0 Å². The summed E-state index contributed by atoms with van der Waals surface area (Å²) in [6.45, 7) is 9.66. The van der Waals surface area contributed by atoms with Crippen molar-refractivity contribution in [3.8, 4) is 0 Å². The molecule has 1 rings (SSSR count). The van der Waals surface area contributed by atoms with Gasteiger partial charge in [0.1, 0.15) is 0 Å². The molecule has 0 spiro atoms. The highest BCUT2D eigenvalue weighted by Gasteiger charge is 2.04. The van der Waals surface area contributed by atoms with E-state index in [1.807, 2.05) is 26.8 Å². The molecule has 0 saturated carbocycles. The maximum atomic E-state index is 5.88. The number of halogens is 2. The molecule has 0 bridgehead atoms. The molecule has 1 aromatic rings. The molecule has 13 heavy (non-hydrogen) atoms. The number of rotatable bonds is 1. The molecule has 0 N–H and O–H groups in total. The second-order valence-electron chi connectivity index (χ2n) is 2.38. The third-order valence-corrected chi connectivity index (χ3v) is 2.02. The second kappa shape index (κ2) is 6.06. The van der Waals surface area contributed by atoms with Crippen LogP contribution in [-0.4, -0.2) is 0 Å². The number of hydrogen-bond acceptors (Lipinski definition) is 0. The van der Waals surface area contributed by atoms with Gasteiger partial charge in [0.25, 0.3) is 0 Å². The SMILES string of the molecule is C=C(C)c1c(Cl)cccc1Cl.CC. The molecule has 2 heteroatoms. The van der Waals surface area contributed by atoms with Crippen LogP contribution in [0.5, 0.6) is 0 Å². The zero-order chi connectivity index (χ0) is 10.4. The van der Waals surface area contributed by atoms with E-state index in [-0.39, 0.29) is 0 Å².